The second-order valence-electron chi connectivity index (χ2n) is 7.87. The zero-order chi connectivity index (χ0) is 20.8. The Morgan fingerprint density at radius 2 is 2.10 bits per heavy atom. The van der Waals surface area contributed by atoms with Crippen LogP contribution >= 0.6 is 11.8 Å². The summed E-state index contributed by atoms with van der Waals surface area (Å²) in [6.45, 7) is 5.96. The first-order valence-corrected chi connectivity index (χ1v) is 10.6. The Morgan fingerprint density at radius 1 is 1.38 bits per heavy atom. The molecule has 29 heavy (non-hydrogen) atoms. The number of aromatic amines is 1. The molecule has 2 fully saturated rings. The molecule has 7 nitrogen and oxygen atoms in total. The number of hydrazone groups is 1. The van der Waals surface area contributed by atoms with Crippen LogP contribution in [0, 0.1) is 5.92 Å². The third-order valence-corrected chi connectivity index (χ3v) is 6.98. The van der Waals surface area contributed by atoms with Gasteiger partial charge in [-0.15, -0.1) is 0 Å². The zero-order valence-corrected chi connectivity index (χ0v) is 17.0. The quantitative estimate of drug-likeness (QED) is 0.337. The first kappa shape index (κ1) is 20.1. The summed E-state index contributed by atoms with van der Waals surface area (Å²) < 4.78 is 28.7. The van der Waals surface area contributed by atoms with E-state index in [1.807, 2.05) is 6.92 Å². The van der Waals surface area contributed by atoms with Crippen LogP contribution in [0.2, 0.25) is 0 Å². The van der Waals surface area contributed by atoms with Gasteiger partial charge in [-0.2, -0.15) is 10.2 Å². The minimum Gasteiger partial charge on any atom is -0.323 e. The molecule has 0 radical (unpaired) electrons. The SMILES string of the molecule is C=C(S/C(C)=N\N)[C@@H]1CC[C@H]1c1nc2c(cnn2C2CCC(F)(F)CC2)c(=O)[nH]1. The smallest absolute Gasteiger partial charge is 0.262 e. The number of fused-ring (bicyclic) bond motifs is 1. The third kappa shape index (κ3) is 3.82. The van der Waals surface area contributed by atoms with Crippen LogP contribution in [0.3, 0.4) is 0 Å². The van der Waals surface area contributed by atoms with E-state index in [1.54, 1.807) is 4.68 Å². The molecule has 0 amide bonds. The highest BCUT2D eigenvalue weighted by Crippen LogP contribution is 2.48. The summed E-state index contributed by atoms with van der Waals surface area (Å²) in [6, 6.07) is -0.166. The Labute approximate surface area is 170 Å². The monoisotopic (exact) mass is 422 g/mol. The van der Waals surface area contributed by atoms with E-state index >= 15 is 0 Å². The Hall–Kier alpha value is -2.23. The van der Waals surface area contributed by atoms with Crippen molar-refractivity contribution in [2.45, 2.75) is 63.3 Å². The number of aromatic nitrogens is 4. The number of nitrogens with zero attached hydrogens (tertiary/aromatic N) is 4. The molecule has 2 aromatic heterocycles. The Balaban J connectivity index is 1.62. The van der Waals surface area contributed by atoms with E-state index in [1.165, 1.54) is 18.0 Å². The predicted octanol–water partition coefficient (Wildman–Crippen LogP) is 3.90. The summed E-state index contributed by atoms with van der Waals surface area (Å²) >= 11 is 1.44. The van der Waals surface area contributed by atoms with Crippen molar-refractivity contribution in [3.8, 4) is 0 Å². The number of allylic oxidation sites excluding steroid dienone is 1. The second kappa shape index (κ2) is 7.55. The minimum atomic E-state index is -2.61. The van der Waals surface area contributed by atoms with Crippen LogP contribution in [-0.2, 0) is 0 Å². The highest BCUT2D eigenvalue weighted by molar-refractivity contribution is 8.17. The van der Waals surface area contributed by atoms with Gasteiger partial charge in [-0.1, -0.05) is 18.3 Å². The summed E-state index contributed by atoms with van der Waals surface area (Å²) in [4.78, 5) is 21.2. The van der Waals surface area contributed by atoms with E-state index in [2.05, 4.69) is 21.8 Å². The molecule has 156 valence electrons. The van der Waals surface area contributed by atoms with Crippen LogP contribution in [0.1, 0.15) is 63.2 Å². The molecular weight excluding hydrogens is 398 g/mol. The van der Waals surface area contributed by atoms with Crippen molar-refractivity contribution < 1.29 is 8.78 Å². The molecule has 2 saturated carbocycles. The van der Waals surface area contributed by atoms with Crippen molar-refractivity contribution >= 4 is 27.8 Å². The molecule has 0 bridgehead atoms. The summed E-state index contributed by atoms with van der Waals surface area (Å²) in [7, 11) is 0. The normalized spacial score (nSPS) is 25.1. The molecule has 4 rings (SSSR count). The van der Waals surface area contributed by atoms with Gasteiger partial charge >= 0.3 is 0 Å². The highest BCUT2D eigenvalue weighted by Gasteiger charge is 2.38. The van der Waals surface area contributed by atoms with Crippen LogP contribution in [0.4, 0.5) is 8.78 Å². The maximum absolute atomic E-state index is 13.5. The van der Waals surface area contributed by atoms with Crippen molar-refractivity contribution in [1.82, 2.24) is 19.7 Å². The number of hydrogen-bond donors (Lipinski definition) is 2. The molecule has 0 aromatic carbocycles. The number of thioether (sulfide) groups is 1. The van der Waals surface area contributed by atoms with Gasteiger partial charge in [-0.05, 0) is 43.4 Å². The second-order valence-corrected chi connectivity index (χ2v) is 9.19. The van der Waals surface area contributed by atoms with Crippen molar-refractivity contribution in [3.63, 3.8) is 0 Å². The van der Waals surface area contributed by atoms with Crippen molar-refractivity contribution in [2.24, 2.45) is 16.9 Å². The van der Waals surface area contributed by atoms with Gasteiger partial charge < -0.3 is 10.8 Å². The summed E-state index contributed by atoms with van der Waals surface area (Å²) in [5, 5.41) is 9.10. The molecule has 10 heteroatoms. The van der Waals surface area contributed by atoms with Crippen molar-refractivity contribution in [1.29, 1.82) is 0 Å². The van der Waals surface area contributed by atoms with Gasteiger partial charge in [0, 0.05) is 18.8 Å². The maximum Gasteiger partial charge on any atom is 0.262 e. The maximum atomic E-state index is 13.5. The number of halogens is 2. The van der Waals surface area contributed by atoms with Gasteiger partial charge in [-0.3, -0.25) is 4.79 Å². The average Bonchev–Trinajstić information content (AvgIpc) is 3.05. The van der Waals surface area contributed by atoms with Gasteiger partial charge in [0.2, 0.25) is 5.92 Å². The van der Waals surface area contributed by atoms with Crippen LogP contribution < -0.4 is 11.4 Å². The van der Waals surface area contributed by atoms with Crippen LogP contribution in [0.25, 0.3) is 11.0 Å². The molecule has 0 unspecified atom stereocenters. The molecule has 0 aliphatic heterocycles. The highest BCUT2D eigenvalue weighted by atomic mass is 32.2. The number of alkyl halides is 2. The van der Waals surface area contributed by atoms with E-state index in [0.717, 1.165) is 22.8 Å². The van der Waals surface area contributed by atoms with Gasteiger partial charge in [0.05, 0.1) is 17.3 Å². The average molecular weight is 423 g/mol. The van der Waals surface area contributed by atoms with Crippen LogP contribution in [0.5, 0.6) is 0 Å². The van der Waals surface area contributed by atoms with Crippen molar-refractivity contribution in [3.05, 3.63) is 33.9 Å². The largest absolute Gasteiger partial charge is 0.323 e. The predicted molar refractivity (Wildman–Crippen MR) is 110 cm³/mol. The third-order valence-electron chi connectivity index (χ3n) is 6.01. The van der Waals surface area contributed by atoms with Crippen LogP contribution in [-0.4, -0.2) is 30.7 Å². The van der Waals surface area contributed by atoms with E-state index in [9.17, 15) is 13.6 Å². The molecule has 2 aliphatic rings. The van der Waals surface area contributed by atoms with Gasteiger partial charge in [0.15, 0.2) is 5.65 Å². The Bertz CT molecular complexity index is 1020. The lowest BCUT2D eigenvalue weighted by Gasteiger charge is -2.36. The van der Waals surface area contributed by atoms with Gasteiger partial charge in [0.25, 0.3) is 5.56 Å². The van der Waals surface area contributed by atoms with E-state index in [0.29, 0.717) is 29.7 Å². The number of rotatable bonds is 4. The van der Waals surface area contributed by atoms with E-state index in [-0.39, 0.29) is 36.3 Å². The minimum absolute atomic E-state index is 0.0525. The van der Waals surface area contributed by atoms with E-state index < -0.39 is 5.92 Å². The molecule has 0 saturated heterocycles. The molecule has 2 atom stereocenters. The van der Waals surface area contributed by atoms with E-state index in [4.69, 9.17) is 10.8 Å². The summed E-state index contributed by atoms with van der Waals surface area (Å²) in [5.74, 6) is 3.52. The first-order valence-electron chi connectivity index (χ1n) is 9.75. The standard InChI is InChI=1S/C19H24F2N6OS/c1-10(29-11(2)26-22)13-3-4-14(13)16-24-17-15(18(28)25-16)9-23-27(17)12-5-7-19(20,21)8-6-12/h9,12-14H,1,3-8,22H2,2H3,(H,24,25,28)/b26-11-/t13-,14+/m0/s1. The summed E-state index contributed by atoms with van der Waals surface area (Å²) in [5.41, 5.74) is 0.226. The molecule has 2 heterocycles. The molecule has 3 N–H and O–H groups in total. The van der Waals surface area contributed by atoms with Gasteiger partial charge in [0.1, 0.15) is 11.2 Å². The lowest BCUT2D eigenvalue weighted by atomic mass is 9.73. The van der Waals surface area contributed by atoms with Crippen LogP contribution in [0.15, 0.2) is 27.6 Å². The lowest BCUT2D eigenvalue weighted by molar-refractivity contribution is -0.0446. The number of nitrogens with one attached hydrogen (secondary N) is 1. The molecule has 2 aliphatic carbocycles. The summed E-state index contributed by atoms with van der Waals surface area (Å²) in [6.07, 6.45) is 3.63. The fourth-order valence-corrected chi connectivity index (χ4v) is 5.04. The first-order chi connectivity index (χ1) is 13.8. The fourth-order valence-electron chi connectivity index (χ4n) is 4.17. The van der Waals surface area contributed by atoms with Gasteiger partial charge in [-0.25, -0.2) is 18.4 Å². The molecule has 2 aromatic rings. The Morgan fingerprint density at radius 3 is 2.72 bits per heavy atom. The molecular formula is C19H24F2N6OS. The number of H-pyrrole nitrogens is 1. The topological polar surface area (TPSA) is 102 Å². The lowest BCUT2D eigenvalue weighted by Crippen LogP contribution is -2.29. The Kier molecular flexibility index (Phi) is 5.22. The fraction of sp³-hybridized carbons (Fsp3) is 0.579. The number of nitrogens with two attached hydrogens (primary N) is 1. The zero-order valence-electron chi connectivity index (χ0n) is 16.2. The number of hydrogen-bond acceptors (Lipinski definition) is 6. The molecule has 0 spiro atoms. The van der Waals surface area contributed by atoms with Crippen molar-refractivity contribution in [2.75, 3.05) is 0 Å².